The molecular weight excluding hydrogens is 270 g/mol. The highest BCUT2D eigenvalue weighted by Crippen LogP contribution is 2.30. The molecule has 3 nitrogen and oxygen atoms in total. The second-order valence-electron chi connectivity index (χ2n) is 4.98. The number of halogens is 1. The number of nitrogens with two attached hydrogens (primary N) is 1. The third-order valence-corrected chi connectivity index (χ3v) is 3.44. The highest BCUT2D eigenvalue weighted by Gasteiger charge is 2.12. The van der Waals surface area contributed by atoms with Crippen molar-refractivity contribution >= 4 is 28.8 Å². The number of amidine groups is 1. The minimum atomic E-state index is 0.0127. The molecule has 4 heteroatoms. The Bertz CT molecular complexity index is 645. The molecule has 2 aromatic rings. The van der Waals surface area contributed by atoms with Gasteiger partial charge < -0.3 is 10.6 Å². The molecule has 104 valence electrons. The first kappa shape index (κ1) is 14.4. The molecule has 0 amide bonds. The standard InChI is InChI=1S/C16H18ClN3/c1-10-6-11(2)8-13(7-10)20(3)15-5-4-12(17)9-14(15)16(18)19/h4-9H,1-3H3,(H3,18,19). The summed E-state index contributed by atoms with van der Waals surface area (Å²) in [6.45, 7) is 4.14. The van der Waals surface area contributed by atoms with E-state index in [0.29, 0.717) is 10.6 Å². The molecule has 2 aromatic carbocycles. The number of nitrogens with zero attached hydrogens (tertiary/aromatic N) is 1. The first-order chi connectivity index (χ1) is 9.38. The van der Waals surface area contributed by atoms with E-state index in [4.69, 9.17) is 22.7 Å². The van der Waals surface area contributed by atoms with Crippen molar-refractivity contribution < 1.29 is 0 Å². The van der Waals surface area contributed by atoms with Crippen LogP contribution in [-0.2, 0) is 0 Å². The van der Waals surface area contributed by atoms with E-state index in [-0.39, 0.29) is 5.84 Å². The zero-order valence-electron chi connectivity index (χ0n) is 11.9. The molecule has 0 fully saturated rings. The van der Waals surface area contributed by atoms with Crippen molar-refractivity contribution in [3.63, 3.8) is 0 Å². The monoisotopic (exact) mass is 287 g/mol. The van der Waals surface area contributed by atoms with Crippen LogP contribution >= 0.6 is 11.6 Å². The maximum absolute atomic E-state index is 7.71. The first-order valence-electron chi connectivity index (χ1n) is 6.34. The van der Waals surface area contributed by atoms with Gasteiger partial charge in [-0.05, 0) is 55.3 Å². The van der Waals surface area contributed by atoms with Crippen molar-refractivity contribution in [1.82, 2.24) is 0 Å². The van der Waals surface area contributed by atoms with Crippen LogP contribution in [0.15, 0.2) is 36.4 Å². The van der Waals surface area contributed by atoms with Gasteiger partial charge in [-0.25, -0.2) is 0 Å². The van der Waals surface area contributed by atoms with Gasteiger partial charge in [0.15, 0.2) is 0 Å². The number of aryl methyl sites for hydroxylation is 2. The lowest BCUT2D eigenvalue weighted by Gasteiger charge is -2.23. The average molecular weight is 288 g/mol. The van der Waals surface area contributed by atoms with Crippen LogP contribution in [0.1, 0.15) is 16.7 Å². The van der Waals surface area contributed by atoms with Crippen molar-refractivity contribution in [2.45, 2.75) is 13.8 Å². The molecule has 0 aliphatic carbocycles. The van der Waals surface area contributed by atoms with E-state index in [0.717, 1.165) is 11.4 Å². The summed E-state index contributed by atoms with van der Waals surface area (Å²) in [6.07, 6.45) is 0. The molecule has 0 bridgehead atoms. The van der Waals surface area contributed by atoms with E-state index >= 15 is 0 Å². The maximum Gasteiger partial charge on any atom is 0.124 e. The largest absolute Gasteiger partial charge is 0.384 e. The predicted molar refractivity (Wildman–Crippen MR) is 86.4 cm³/mol. The molecule has 0 aromatic heterocycles. The van der Waals surface area contributed by atoms with Crippen LogP contribution in [0.4, 0.5) is 11.4 Å². The summed E-state index contributed by atoms with van der Waals surface area (Å²) in [5.74, 6) is 0.0127. The van der Waals surface area contributed by atoms with Gasteiger partial charge in [-0.2, -0.15) is 0 Å². The van der Waals surface area contributed by atoms with Gasteiger partial charge in [-0.3, -0.25) is 5.41 Å². The SMILES string of the molecule is Cc1cc(C)cc(N(C)c2ccc(Cl)cc2C(=N)N)c1. The quantitative estimate of drug-likeness (QED) is 0.662. The minimum Gasteiger partial charge on any atom is -0.384 e. The molecule has 0 aliphatic heterocycles. The topological polar surface area (TPSA) is 53.1 Å². The normalized spacial score (nSPS) is 10.4. The molecule has 0 saturated heterocycles. The highest BCUT2D eigenvalue weighted by molar-refractivity contribution is 6.31. The van der Waals surface area contributed by atoms with E-state index < -0.39 is 0 Å². The number of hydrogen-bond donors (Lipinski definition) is 2. The molecule has 0 radical (unpaired) electrons. The first-order valence-corrected chi connectivity index (χ1v) is 6.72. The van der Waals surface area contributed by atoms with E-state index in [1.165, 1.54) is 11.1 Å². The molecule has 0 atom stereocenters. The molecule has 0 aliphatic rings. The second kappa shape index (κ2) is 5.55. The molecule has 2 rings (SSSR count). The summed E-state index contributed by atoms with van der Waals surface area (Å²) in [5.41, 5.74) is 10.6. The van der Waals surface area contributed by atoms with Crippen LogP contribution in [0.25, 0.3) is 0 Å². The van der Waals surface area contributed by atoms with Crippen LogP contribution in [0.3, 0.4) is 0 Å². The summed E-state index contributed by atoms with van der Waals surface area (Å²) in [6, 6.07) is 11.7. The third-order valence-electron chi connectivity index (χ3n) is 3.20. The van der Waals surface area contributed by atoms with Gasteiger partial charge in [-0.1, -0.05) is 17.7 Å². The highest BCUT2D eigenvalue weighted by atomic mass is 35.5. The van der Waals surface area contributed by atoms with Crippen LogP contribution < -0.4 is 10.6 Å². The third kappa shape index (κ3) is 2.94. The Labute approximate surface area is 124 Å². The molecule has 0 heterocycles. The number of nitrogens with one attached hydrogen (secondary N) is 1. The minimum absolute atomic E-state index is 0.0127. The van der Waals surface area contributed by atoms with Crippen LogP contribution in [0, 0.1) is 19.3 Å². The maximum atomic E-state index is 7.71. The van der Waals surface area contributed by atoms with Crippen LogP contribution in [0.5, 0.6) is 0 Å². The number of rotatable bonds is 3. The summed E-state index contributed by atoms with van der Waals surface area (Å²) in [4.78, 5) is 2.02. The van der Waals surface area contributed by atoms with E-state index in [1.807, 2.05) is 24.1 Å². The zero-order chi connectivity index (χ0) is 14.9. The lowest BCUT2D eigenvalue weighted by Crippen LogP contribution is -2.18. The number of anilines is 2. The Balaban J connectivity index is 2.52. The van der Waals surface area contributed by atoms with Gasteiger partial charge in [0.1, 0.15) is 5.84 Å². The molecular formula is C16H18ClN3. The summed E-state index contributed by atoms with van der Waals surface area (Å²) < 4.78 is 0. The van der Waals surface area contributed by atoms with Crippen LogP contribution in [-0.4, -0.2) is 12.9 Å². The Morgan fingerprint density at radius 1 is 1.10 bits per heavy atom. The Kier molecular flexibility index (Phi) is 4.00. The second-order valence-corrected chi connectivity index (χ2v) is 5.42. The summed E-state index contributed by atoms with van der Waals surface area (Å²) in [7, 11) is 1.96. The number of benzene rings is 2. The Morgan fingerprint density at radius 2 is 1.70 bits per heavy atom. The van der Waals surface area contributed by atoms with Gasteiger partial charge in [0, 0.05) is 23.3 Å². The van der Waals surface area contributed by atoms with Crippen LogP contribution in [0.2, 0.25) is 5.02 Å². The fourth-order valence-electron chi connectivity index (χ4n) is 2.30. The molecule has 20 heavy (non-hydrogen) atoms. The molecule has 0 spiro atoms. The lowest BCUT2D eigenvalue weighted by molar-refractivity contribution is 1.18. The van der Waals surface area contributed by atoms with Crippen molar-refractivity contribution in [3.8, 4) is 0 Å². The van der Waals surface area contributed by atoms with E-state index in [2.05, 4.69) is 32.0 Å². The summed E-state index contributed by atoms with van der Waals surface area (Å²) in [5, 5.41) is 8.28. The fourth-order valence-corrected chi connectivity index (χ4v) is 2.47. The number of nitrogen functional groups attached to an aromatic ring is 1. The average Bonchev–Trinajstić information content (AvgIpc) is 2.36. The van der Waals surface area contributed by atoms with Gasteiger partial charge >= 0.3 is 0 Å². The predicted octanol–water partition coefficient (Wildman–Crippen LogP) is 4.01. The summed E-state index contributed by atoms with van der Waals surface area (Å²) >= 11 is 5.99. The Morgan fingerprint density at radius 3 is 2.25 bits per heavy atom. The van der Waals surface area contributed by atoms with Crippen molar-refractivity contribution in [3.05, 3.63) is 58.1 Å². The van der Waals surface area contributed by atoms with Gasteiger partial charge in [0.25, 0.3) is 0 Å². The van der Waals surface area contributed by atoms with Crippen molar-refractivity contribution in [2.24, 2.45) is 5.73 Å². The molecule has 0 unspecified atom stereocenters. The fraction of sp³-hybridized carbons (Fsp3) is 0.188. The Hall–Kier alpha value is -2.00. The van der Waals surface area contributed by atoms with Gasteiger partial charge in [0.2, 0.25) is 0 Å². The van der Waals surface area contributed by atoms with Crippen molar-refractivity contribution in [2.75, 3.05) is 11.9 Å². The number of hydrogen-bond acceptors (Lipinski definition) is 2. The zero-order valence-corrected chi connectivity index (χ0v) is 12.6. The molecule has 0 saturated carbocycles. The van der Waals surface area contributed by atoms with Gasteiger partial charge in [0.05, 0.1) is 5.69 Å². The van der Waals surface area contributed by atoms with E-state index in [1.54, 1.807) is 6.07 Å². The smallest absolute Gasteiger partial charge is 0.124 e. The van der Waals surface area contributed by atoms with Crippen molar-refractivity contribution in [1.29, 1.82) is 5.41 Å². The molecule has 3 N–H and O–H groups in total. The van der Waals surface area contributed by atoms with Gasteiger partial charge in [-0.15, -0.1) is 0 Å². The van der Waals surface area contributed by atoms with E-state index in [9.17, 15) is 0 Å². The lowest BCUT2D eigenvalue weighted by atomic mass is 10.1.